The van der Waals surface area contributed by atoms with Gasteiger partial charge in [0.05, 0.1) is 0 Å². The van der Waals surface area contributed by atoms with E-state index in [9.17, 15) is 9.59 Å². The summed E-state index contributed by atoms with van der Waals surface area (Å²) in [5, 5.41) is 2.81. The van der Waals surface area contributed by atoms with Gasteiger partial charge in [0.2, 0.25) is 11.8 Å². The minimum absolute atomic E-state index is 0.0337. The summed E-state index contributed by atoms with van der Waals surface area (Å²) in [7, 11) is 0. The molecule has 1 N–H and O–H groups in total. The Hall–Kier alpha value is -1.10. The van der Waals surface area contributed by atoms with E-state index < -0.39 is 0 Å². The summed E-state index contributed by atoms with van der Waals surface area (Å²) < 4.78 is 5.27. The van der Waals surface area contributed by atoms with Crippen molar-refractivity contribution in [2.75, 3.05) is 19.7 Å². The zero-order valence-electron chi connectivity index (χ0n) is 10.9. The fraction of sp³-hybridized carbons (Fsp3) is 0.833. The topological polar surface area (TPSA) is 58.6 Å². The first-order valence-corrected chi connectivity index (χ1v) is 6.19. The number of hydrogen-bond donors (Lipinski definition) is 1. The molecule has 1 atom stereocenters. The third kappa shape index (κ3) is 4.34. The van der Waals surface area contributed by atoms with Crippen LogP contribution in [0.1, 0.15) is 33.6 Å². The molecule has 1 aliphatic heterocycles. The molecule has 2 amide bonds. The van der Waals surface area contributed by atoms with Crippen molar-refractivity contribution in [3.63, 3.8) is 0 Å². The number of ether oxygens (including phenoxy) is 1. The van der Waals surface area contributed by atoms with Crippen LogP contribution in [-0.4, -0.2) is 48.6 Å². The van der Waals surface area contributed by atoms with Crippen LogP contribution in [0.3, 0.4) is 0 Å². The van der Waals surface area contributed by atoms with Gasteiger partial charge in [-0.25, -0.2) is 0 Å². The average molecular weight is 242 g/mol. The van der Waals surface area contributed by atoms with E-state index in [4.69, 9.17) is 4.74 Å². The Morgan fingerprint density at radius 1 is 1.47 bits per heavy atom. The third-order valence-electron chi connectivity index (χ3n) is 2.90. The molecule has 17 heavy (non-hydrogen) atoms. The Bertz CT molecular complexity index is 273. The molecular formula is C12H22N2O3. The number of carbonyl (C=O) groups is 2. The minimum Gasteiger partial charge on any atom is -0.368 e. The van der Waals surface area contributed by atoms with Crippen molar-refractivity contribution in [1.82, 2.24) is 10.2 Å². The standard InChI is InChI=1S/C12H22N2O3/c1-9(2)14(10(3)15)7-6-13-12(16)11-5-4-8-17-11/h9,11H,4-8H2,1-3H3,(H,13,16). The molecule has 1 heterocycles. The number of carbonyl (C=O) groups excluding carboxylic acids is 2. The van der Waals surface area contributed by atoms with Crippen LogP contribution >= 0.6 is 0 Å². The maximum Gasteiger partial charge on any atom is 0.249 e. The smallest absolute Gasteiger partial charge is 0.249 e. The fourth-order valence-electron chi connectivity index (χ4n) is 1.98. The van der Waals surface area contributed by atoms with Crippen molar-refractivity contribution in [3.8, 4) is 0 Å². The molecule has 0 spiro atoms. The summed E-state index contributed by atoms with van der Waals surface area (Å²) in [6.07, 6.45) is 1.45. The Kier molecular flexibility index (Phi) is 5.41. The van der Waals surface area contributed by atoms with Gasteiger partial charge in [-0.1, -0.05) is 0 Å². The van der Waals surface area contributed by atoms with Gasteiger partial charge >= 0.3 is 0 Å². The highest BCUT2D eigenvalue weighted by atomic mass is 16.5. The average Bonchev–Trinajstić information content (AvgIpc) is 2.76. The van der Waals surface area contributed by atoms with Crippen molar-refractivity contribution in [2.45, 2.75) is 45.8 Å². The third-order valence-corrected chi connectivity index (χ3v) is 2.90. The predicted molar refractivity (Wildman–Crippen MR) is 64.5 cm³/mol. The first-order valence-electron chi connectivity index (χ1n) is 6.19. The van der Waals surface area contributed by atoms with Crippen LogP contribution in [0, 0.1) is 0 Å². The van der Waals surface area contributed by atoms with Crippen molar-refractivity contribution < 1.29 is 14.3 Å². The molecule has 0 saturated carbocycles. The zero-order valence-corrected chi connectivity index (χ0v) is 10.9. The van der Waals surface area contributed by atoms with Gasteiger partial charge in [0.1, 0.15) is 6.10 Å². The SMILES string of the molecule is CC(=O)N(CCNC(=O)C1CCCO1)C(C)C. The van der Waals surface area contributed by atoms with Gasteiger partial charge in [-0.2, -0.15) is 0 Å². The summed E-state index contributed by atoms with van der Waals surface area (Å²) >= 11 is 0. The number of nitrogens with zero attached hydrogens (tertiary/aromatic N) is 1. The number of amides is 2. The van der Waals surface area contributed by atoms with Gasteiger partial charge < -0.3 is 15.0 Å². The van der Waals surface area contributed by atoms with E-state index >= 15 is 0 Å². The van der Waals surface area contributed by atoms with Crippen LogP contribution in [0.15, 0.2) is 0 Å². The van der Waals surface area contributed by atoms with Gasteiger partial charge in [-0.15, -0.1) is 0 Å². The van der Waals surface area contributed by atoms with Crippen molar-refractivity contribution >= 4 is 11.8 Å². The van der Waals surface area contributed by atoms with Crippen molar-refractivity contribution in [3.05, 3.63) is 0 Å². The first kappa shape index (κ1) is 14.0. The van der Waals surface area contributed by atoms with Crippen LogP contribution in [-0.2, 0) is 14.3 Å². The van der Waals surface area contributed by atoms with Crippen LogP contribution < -0.4 is 5.32 Å². The molecule has 0 aromatic heterocycles. The van der Waals surface area contributed by atoms with Crippen molar-refractivity contribution in [2.24, 2.45) is 0 Å². The maximum absolute atomic E-state index is 11.6. The second kappa shape index (κ2) is 6.59. The number of rotatable bonds is 5. The Morgan fingerprint density at radius 2 is 2.18 bits per heavy atom. The maximum atomic E-state index is 11.6. The Balaban J connectivity index is 2.25. The van der Waals surface area contributed by atoms with E-state index in [0.29, 0.717) is 19.7 Å². The lowest BCUT2D eigenvalue weighted by molar-refractivity contribution is -0.133. The monoisotopic (exact) mass is 242 g/mol. The highest BCUT2D eigenvalue weighted by Crippen LogP contribution is 2.11. The molecule has 1 fully saturated rings. The lowest BCUT2D eigenvalue weighted by atomic mass is 10.2. The van der Waals surface area contributed by atoms with Crippen LogP contribution in [0.5, 0.6) is 0 Å². The number of hydrogen-bond acceptors (Lipinski definition) is 3. The molecule has 0 bridgehead atoms. The molecule has 1 saturated heterocycles. The first-order chi connectivity index (χ1) is 8.02. The lowest BCUT2D eigenvalue weighted by Crippen LogP contribution is -2.43. The molecule has 1 unspecified atom stereocenters. The molecule has 0 aromatic rings. The summed E-state index contributed by atoms with van der Waals surface area (Å²) in [6.45, 7) is 7.17. The largest absolute Gasteiger partial charge is 0.368 e. The van der Waals surface area contributed by atoms with Crippen molar-refractivity contribution in [1.29, 1.82) is 0 Å². The van der Waals surface area contributed by atoms with Gasteiger partial charge in [-0.3, -0.25) is 9.59 Å². The summed E-state index contributed by atoms with van der Waals surface area (Å²) in [4.78, 5) is 24.7. The highest BCUT2D eigenvalue weighted by Gasteiger charge is 2.23. The normalized spacial score (nSPS) is 19.4. The van der Waals surface area contributed by atoms with Crippen LogP contribution in [0.2, 0.25) is 0 Å². The summed E-state index contributed by atoms with van der Waals surface area (Å²) in [6, 6.07) is 0.159. The van der Waals surface area contributed by atoms with Gasteiger partial charge in [0, 0.05) is 32.7 Å². The Labute approximate surface area is 102 Å². The second-order valence-corrected chi connectivity index (χ2v) is 4.60. The molecule has 5 nitrogen and oxygen atoms in total. The van der Waals surface area contributed by atoms with Crippen LogP contribution in [0.25, 0.3) is 0 Å². The van der Waals surface area contributed by atoms with Gasteiger partial charge in [-0.05, 0) is 26.7 Å². The number of nitrogens with one attached hydrogen (secondary N) is 1. The molecule has 0 radical (unpaired) electrons. The molecule has 5 heteroatoms. The predicted octanol–water partition coefficient (Wildman–Crippen LogP) is 0.539. The van der Waals surface area contributed by atoms with E-state index in [2.05, 4.69) is 5.32 Å². The quantitative estimate of drug-likeness (QED) is 0.765. The van der Waals surface area contributed by atoms with Gasteiger partial charge in [0.15, 0.2) is 0 Å². The second-order valence-electron chi connectivity index (χ2n) is 4.60. The molecule has 0 aliphatic carbocycles. The molecule has 0 aromatic carbocycles. The van der Waals surface area contributed by atoms with E-state index in [1.54, 1.807) is 11.8 Å². The van der Waals surface area contributed by atoms with E-state index in [1.165, 1.54) is 0 Å². The lowest BCUT2D eigenvalue weighted by Gasteiger charge is -2.25. The highest BCUT2D eigenvalue weighted by molar-refractivity contribution is 5.81. The van der Waals surface area contributed by atoms with E-state index in [-0.39, 0.29) is 24.0 Å². The molecule has 1 aliphatic rings. The van der Waals surface area contributed by atoms with E-state index in [1.807, 2.05) is 13.8 Å². The summed E-state index contributed by atoms with van der Waals surface area (Å²) in [5.41, 5.74) is 0. The van der Waals surface area contributed by atoms with E-state index in [0.717, 1.165) is 12.8 Å². The summed E-state index contributed by atoms with van der Waals surface area (Å²) in [5.74, 6) is -0.0267. The molecule has 1 rings (SSSR count). The zero-order chi connectivity index (χ0) is 12.8. The fourth-order valence-corrected chi connectivity index (χ4v) is 1.98. The van der Waals surface area contributed by atoms with Crippen LogP contribution in [0.4, 0.5) is 0 Å². The molecule has 98 valence electrons. The molecular weight excluding hydrogens is 220 g/mol. The minimum atomic E-state index is -0.292. The Morgan fingerprint density at radius 3 is 2.65 bits per heavy atom. The van der Waals surface area contributed by atoms with Gasteiger partial charge in [0.25, 0.3) is 0 Å².